The summed E-state index contributed by atoms with van der Waals surface area (Å²) in [6.07, 6.45) is 0. The molecule has 2 aromatic carbocycles. The zero-order valence-electron chi connectivity index (χ0n) is 10.2. The van der Waals surface area contributed by atoms with E-state index in [4.69, 9.17) is 0 Å². The molecule has 2 rings (SSSR count). The number of benzene rings is 2. The Morgan fingerprint density at radius 2 is 1.67 bits per heavy atom. The maximum absolute atomic E-state index is 3.53. The Balaban J connectivity index is 2.36. The Hall–Kier alpha value is -0.640. The second-order valence-electron chi connectivity index (χ2n) is 4.10. The Morgan fingerprint density at radius 3 is 2.28 bits per heavy atom. The van der Waals surface area contributed by atoms with Crippen molar-refractivity contribution in [3.63, 3.8) is 0 Å². The lowest BCUT2D eigenvalue weighted by Crippen LogP contribution is -2.21. The molecule has 0 fully saturated rings. The van der Waals surface area contributed by atoms with Crippen LogP contribution < -0.4 is 5.32 Å². The average molecular weight is 369 g/mol. The van der Waals surface area contributed by atoms with Crippen molar-refractivity contribution in [2.75, 3.05) is 6.54 Å². The first-order chi connectivity index (χ1) is 8.70. The van der Waals surface area contributed by atoms with Gasteiger partial charge in [-0.15, -0.1) is 0 Å². The molecular weight excluding hydrogens is 354 g/mol. The predicted molar refractivity (Wildman–Crippen MR) is 83.8 cm³/mol. The highest BCUT2D eigenvalue weighted by molar-refractivity contribution is 9.10. The molecule has 0 aliphatic heterocycles. The third kappa shape index (κ3) is 3.44. The molecule has 0 radical (unpaired) electrons. The molecule has 1 N–H and O–H groups in total. The van der Waals surface area contributed by atoms with Crippen LogP contribution >= 0.6 is 31.9 Å². The molecule has 0 spiro atoms. The average Bonchev–Trinajstić information content (AvgIpc) is 2.37. The minimum absolute atomic E-state index is 0.237. The van der Waals surface area contributed by atoms with Gasteiger partial charge in [-0.2, -0.15) is 0 Å². The maximum atomic E-state index is 3.53. The smallest absolute Gasteiger partial charge is 0.0577 e. The topological polar surface area (TPSA) is 12.0 Å². The minimum atomic E-state index is 0.237. The number of hydrogen-bond donors (Lipinski definition) is 1. The summed E-state index contributed by atoms with van der Waals surface area (Å²) in [7, 11) is 0. The van der Waals surface area contributed by atoms with E-state index in [-0.39, 0.29) is 6.04 Å². The van der Waals surface area contributed by atoms with Gasteiger partial charge >= 0.3 is 0 Å². The van der Waals surface area contributed by atoms with Crippen molar-refractivity contribution < 1.29 is 0 Å². The quantitative estimate of drug-likeness (QED) is 0.808. The van der Waals surface area contributed by atoms with Gasteiger partial charge in [0, 0.05) is 8.95 Å². The lowest BCUT2D eigenvalue weighted by atomic mass is 9.99. The number of nitrogens with one attached hydrogen (secondary N) is 1. The van der Waals surface area contributed by atoms with E-state index in [2.05, 4.69) is 86.6 Å². The van der Waals surface area contributed by atoms with Crippen molar-refractivity contribution >= 4 is 31.9 Å². The van der Waals surface area contributed by atoms with Crippen molar-refractivity contribution in [1.29, 1.82) is 0 Å². The van der Waals surface area contributed by atoms with Gasteiger partial charge in [0.1, 0.15) is 0 Å². The number of rotatable bonds is 4. The van der Waals surface area contributed by atoms with Crippen LogP contribution in [0.4, 0.5) is 0 Å². The van der Waals surface area contributed by atoms with Gasteiger partial charge in [0.15, 0.2) is 0 Å². The summed E-state index contributed by atoms with van der Waals surface area (Å²) >= 11 is 7.00. The summed E-state index contributed by atoms with van der Waals surface area (Å²) in [6, 6.07) is 17.1. The van der Waals surface area contributed by atoms with E-state index in [9.17, 15) is 0 Å². The van der Waals surface area contributed by atoms with Crippen LogP contribution in [0.3, 0.4) is 0 Å². The van der Waals surface area contributed by atoms with Crippen LogP contribution in [0.25, 0.3) is 0 Å². The Labute approximate surface area is 125 Å². The highest BCUT2D eigenvalue weighted by atomic mass is 79.9. The third-order valence-electron chi connectivity index (χ3n) is 2.79. The van der Waals surface area contributed by atoms with Gasteiger partial charge in [0.25, 0.3) is 0 Å². The van der Waals surface area contributed by atoms with Gasteiger partial charge in [-0.25, -0.2) is 0 Å². The monoisotopic (exact) mass is 367 g/mol. The molecule has 0 amide bonds. The van der Waals surface area contributed by atoms with Crippen LogP contribution in [-0.2, 0) is 0 Å². The summed E-state index contributed by atoms with van der Waals surface area (Å²) < 4.78 is 2.22. The summed E-state index contributed by atoms with van der Waals surface area (Å²) in [5.74, 6) is 0. The van der Waals surface area contributed by atoms with E-state index >= 15 is 0 Å². The van der Waals surface area contributed by atoms with E-state index in [0.717, 1.165) is 15.5 Å². The zero-order valence-corrected chi connectivity index (χ0v) is 13.3. The molecule has 1 unspecified atom stereocenters. The highest BCUT2D eigenvalue weighted by Gasteiger charge is 2.12. The van der Waals surface area contributed by atoms with Crippen molar-refractivity contribution in [2.24, 2.45) is 0 Å². The lowest BCUT2D eigenvalue weighted by molar-refractivity contribution is 0.630. The first-order valence-electron chi connectivity index (χ1n) is 5.95. The van der Waals surface area contributed by atoms with Crippen LogP contribution in [0.5, 0.6) is 0 Å². The molecule has 18 heavy (non-hydrogen) atoms. The molecule has 0 bridgehead atoms. The van der Waals surface area contributed by atoms with Crippen molar-refractivity contribution in [3.05, 3.63) is 68.6 Å². The predicted octanol–water partition coefficient (Wildman–Crippen LogP) is 4.91. The molecular formula is C15H15Br2N. The molecule has 0 aliphatic carbocycles. The minimum Gasteiger partial charge on any atom is -0.307 e. The van der Waals surface area contributed by atoms with Crippen molar-refractivity contribution in [3.8, 4) is 0 Å². The summed E-state index contributed by atoms with van der Waals surface area (Å²) in [5.41, 5.74) is 2.55. The van der Waals surface area contributed by atoms with E-state index < -0.39 is 0 Å². The first-order valence-corrected chi connectivity index (χ1v) is 7.53. The fourth-order valence-corrected chi connectivity index (χ4v) is 2.65. The van der Waals surface area contributed by atoms with E-state index in [0.29, 0.717) is 0 Å². The number of hydrogen-bond acceptors (Lipinski definition) is 1. The fourth-order valence-electron chi connectivity index (χ4n) is 1.97. The van der Waals surface area contributed by atoms with Crippen LogP contribution in [0, 0.1) is 0 Å². The standard InChI is InChI=1S/C15H15Br2N/c1-2-18-15(11-6-8-13(16)9-7-11)12-4-3-5-14(17)10-12/h3-10,15,18H,2H2,1H3. The van der Waals surface area contributed by atoms with E-state index in [1.54, 1.807) is 0 Å². The summed E-state index contributed by atoms with van der Waals surface area (Å²) in [5, 5.41) is 3.53. The molecule has 0 aliphatic rings. The molecule has 1 atom stereocenters. The molecule has 2 aromatic rings. The molecule has 3 heteroatoms. The molecule has 0 saturated heterocycles. The lowest BCUT2D eigenvalue weighted by Gasteiger charge is -2.19. The van der Waals surface area contributed by atoms with Gasteiger partial charge < -0.3 is 5.32 Å². The van der Waals surface area contributed by atoms with Gasteiger partial charge in [0.05, 0.1) is 6.04 Å². The molecule has 0 heterocycles. The van der Waals surface area contributed by atoms with E-state index in [1.807, 2.05) is 6.07 Å². The van der Waals surface area contributed by atoms with E-state index in [1.165, 1.54) is 11.1 Å². The Morgan fingerprint density at radius 1 is 0.944 bits per heavy atom. The van der Waals surface area contributed by atoms with Crippen LogP contribution in [0.2, 0.25) is 0 Å². The largest absolute Gasteiger partial charge is 0.307 e. The van der Waals surface area contributed by atoms with Gasteiger partial charge in [-0.3, -0.25) is 0 Å². The second kappa shape index (κ2) is 6.50. The molecule has 94 valence electrons. The van der Waals surface area contributed by atoms with Gasteiger partial charge in [-0.05, 0) is 41.9 Å². The third-order valence-corrected chi connectivity index (χ3v) is 3.82. The zero-order chi connectivity index (χ0) is 13.0. The Bertz CT molecular complexity index is 508. The SMILES string of the molecule is CCNC(c1ccc(Br)cc1)c1cccc(Br)c1. The van der Waals surface area contributed by atoms with Crippen molar-refractivity contribution in [2.45, 2.75) is 13.0 Å². The van der Waals surface area contributed by atoms with Gasteiger partial charge in [0.2, 0.25) is 0 Å². The summed E-state index contributed by atoms with van der Waals surface area (Å²) in [4.78, 5) is 0. The van der Waals surface area contributed by atoms with Crippen LogP contribution in [-0.4, -0.2) is 6.54 Å². The molecule has 0 aromatic heterocycles. The van der Waals surface area contributed by atoms with Gasteiger partial charge in [-0.1, -0.05) is 63.0 Å². The normalized spacial score (nSPS) is 12.4. The maximum Gasteiger partial charge on any atom is 0.0577 e. The van der Waals surface area contributed by atoms with Crippen LogP contribution in [0.15, 0.2) is 57.5 Å². The fraction of sp³-hybridized carbons (Fsp3) is 0.200. The highest BCUT2D eigenvalue weighted by Crippen LogP contribution is 2.25. The molecule has 0 saturated carbocycles. The Kier molecular flexibility index (Phi) is 4.98. The first kappa shape index (κ1) is 13.8. The molecule has 1 nitrogen and oxygen atoms in total. The number of halogens is 2. The van der Waals surface area contributed by atoms with Crippen molar-refractivity contribution in [1.82, 2.24) is 5.32 Å². The van der Waals surface area contributed by atoms with Crippen LogP contribution in [0.1, 0.15) is 24.1 Å². The summed E-state index contributed by atoms with van der Waals surface area (Å²) in [6.45, 7) is 3.07. The second-order valence-corrected chi connectivity index (χ2v) is 5.93.